The molecule has 0 saturated carbocycles. The fourth-order valence-corrected chi connectivity index (χ4v) is 2.24. The van der Waals surface area contributed by atoms with Crippen LogP contribution in [0.25, 0.3) is 0 Å². The predicted molar refractivity (Wildman–Crippen MR) is 87.6 cm³/mol. The molecule has 2 unspecified atom stereocenters. The van der Waals surface area contributed by atoms with Crippen LogP contribution >= 0.6 is 12.4 Å². The Kier molecular flexibility index (Phi) is 8.51. The molecule has 0 heterocycles. The lowest BCUT2D eigenvalue weighted by molar-refractivity contribution is -0.124. The van der Waals surface area contributed by atoms with Gasteiger partial charge in [0.2, 0.25) is 5.91 Å². The molecule has 1 amide bonds. The Morgan fingerprint density at radius 1 is 1.25 bits per heavy atom. The maximum Gasteiger partial charge on any atom is 0.224 e. The Hall–Kier alpha value is -1.06. The zero-order valence-electron chi connectivity index (χ0n) is 13.1. The fraction of sp³-hybridized carbons (Fsp3) is 0.562. The molecule has 0 aliphatic carbocycles. The molecule has 1 rings (SSSR count). The van der Waals surface area contributed by atoms with E-state index in [0.29, 0.717) is 6.54 Å². The molecule has 1 aromatic carbocycles. The maximum absolute atomic E-state index is 11.9. The van der Waals surface area contributed by atoms with Crippen LogP contribution in [0.5, 0.6) is 0 Å². The van der Waals surface area contributed by atoms with E-state index in [-0.39, 0.29) is 30.3 Å². The van der Waals surface area contributed by atoms with E-state index in [9.17, 15) is 4.79 Å². The van der Waals surface area contributed by atoms with E-state index >= 15 is 0 Å². The molecule has 0 spiro atoms. The van der Waals surface area contributed by atoms with Crippen molar-refractivity contribution in [1.29, 1.82) is 0 Å². The van der Waals surface area contributed by atoms with Crippen molar-refractivity contribution < 1.29 is 4.79 Å². The molecule has 3 nitrogen and oxygen atoms in total. The predicted octanol–water partition coefficient (Wildman–Crippen LogP) is 2.63. The number of nitrogens with one attached hydrogen (secondary N) is 2. The number of amides is 1. The van der Waals surface area contributed by atoms with E-state index in [1.54, 1.807) is 0 Å². The second kappa shape index (κ2) is 8.98. The topological polar surface area (TPSA) is 41.1 Å². The Labute approximate surface area is 128 Å². The zero-order valence-corrected chi connectivity index (χ0v) is 13.9. The first-order valence-corrected chi connectivity index (χ1v) is 6.95. The van der Waals surface area contributed by atoms with Gasteiger partial charge in [0.1, 0.15) is 0 Å². The summed E-state index contributed by atoms with van der Waals surface area (Å²) in [4.78, 5) is 11.9. The highest BCUT2D eigenvalue weighted by Gasteiger charge is 2.15. The Morgan fingerprint density at radius 3 is 2.45 bits per heavy atom. The van der Waals surface area contributed by atoms with Crippen molar-refractivity contribution in [2.24, 2.45) is 5.92 Å². The molecule has 0 aliphatic rings. The lowest BCUT2D eigenvalue weighted by Gasteiger charge is -2.18. The molecule has 20 heavy (non-hydrogen) atoms. The van der Waals surface area contributed by atoms with Crippen molar-refractivity contribution in [1.82, 2.24) is 10.6 Å². The van der Waals surface area contributed by atoms with Crippen LogP contribution in [-0.4, -0.2) is 25.5 Å². The molecule has 114 valence electrons. The number of halogens is 1. The van der Waals surface area contributed by atoms with Gasteiger partial charge in [-0.2, -0.15) is 0 Å². The first-order valence-electron chi connectivity index (χ1n) is 6.95. The maximum atomic E-state index is 11.9. The molecule has 0 radical (unpaired) electrons. The Morgan fingerprint density at radius 2 is 1.90 bits per heavy atom. The summed E-state index contributed by atoms with van der Waals surface area (Å²) in [6, 6.07) is 6.63. The van der Waals surface area contributed by atoms with Crippen molar-refractivity contribution in [3.8, 4) is 0 Å². The van der Waals surface area contributed by atoms with Crippen LogP contribution < -0.4 is 10.6 Å². The van der Waals surface area contributed by atoms with Gasteiger partial charge in [-0.05, 0) is 45.4 Å². The number of hydrogen-bond acceptors (Lipinski definition) is 2. The van der Waals surface area contributed by atoms with Crippen LogP contribution in [0.2, 0.25) is 0 Å². The smallest absolute Gasteiger partial charge is 0.224 e. The van der Waals surface area contributed by atoms with E-state index in [1.807, 2.05) is 14.0 Å². The second-order valence-corrected chi connectivity index (χ2v) is 5.50. The van der Waals surface area contributed by atoms with Crippen molar-refractivity contribution in [2.75, 3.05) is 13.6 Å². The molecule has 0 aromatic heterocycles. The molecule has 2 N–H and O–H groups in total. The zero-order chi connectivity index (χ0) is 14.4. The molecule has 0 bridgehead atoms. The van der Waals surface area contributed by atoms with Gasteiger partial charge in [-0.1, -0.05) is 30.7 Å². The second-order valence-electron chi connectivity index (χ2n) is 5.50. The number of rotatable bonds is 6. The molecule has 4 heteroatoms. The molecular formula is C16H27ClN2O. The number of carbonyl (C=O) groups excluding carboxylic acids is 1. The summed E-state index contributed by atoms with van der Waals surface area (Å²) in [5.74, 6) is 0.123. The van der Waals surface area contributed by atoms with Gasteiger partial charge in [-0.3, -0.25) is 4.79 Å². The van der Waals surface area contributed by atoms with Crippen LogP contribution in [0.4, 0.5) is 0 Å². The normalized spacial score (nSPS) is 13.2. The molecule has 1 aromatic rings. The van der Waals surface area contributed by atoms with Gasteiger partial charge in [0.25, 0.3) is 0 Å². The average Bonchev–Trinajstić information content (AvgIpc) is 2.33. The summed E-state index contributed by atoms with van der Waals surface area (Å²) in [5.41, 5.74) is 3.88. The number of aryl methyl sites for hydroxylation is 2. The van der Waals surface area contributed by atoms with Crippen molar-refractivity contribution >= 4 is 18.3 Å². The highest BCUT2D eigenvalue weighted by atomic mass is 35.5. The lowest BCUT2D eigenvalue weighted by Crippen LogP contribution is -2.40. The highest BCUT2D eigenvalue weighted by Crippen LogP contribution is 2.12. The van der Waals surface area contributed by atoms with E-state index in [4.69, 9.17) is 0 Å². The number of carbonyl (C=O) groups is 1. The molecule has 0 saturated heterocycles. The van der Waals surface area contributed by atoms with E-state index in [1.165, 1.54) is 16.7 Å². The average molecular weight is 299 g/mol. The van der Waals surface area contributed by atoms with Crippen molar-refractivity contribution in [2.45, 2.75) is 40.2 Å². The Balaban J connectivity index is 0.00000361. The van der Waals surface area contributed by atoms with E-state index in [2.05, 4.69) is 49.6 Å². The summed E-state index contributed by atoms with van der Waals surface area (Å²) in [5, 5.41) is 6.10. The molecule has 2 atom stereocenters. The standard InChI is InChI=1S/C16H26N2O.ClH/c1-11-6-7-15(12(2)8-11)9-14(4)18-16(19)13(3)10-17-5;/h6-8,13-14,17H,9-10H2,1-5H3,(H,18,19);1H. The summed E-state index contributed by atoms with van der Waals surface area (Å²) >= 11 is 0. The van der Waals surface area contributed by atoms with Crippen LogP contribution in [0.3, 0.4) is 0 Å². The van der Waals surface area contributed by atoms with E-state index in [0.717, 1.165) is 6.42 Å². The third kappa shape index (κ3) is 5.93. The van der Waals surface area contributed by atoms with Gasteiger partial charge in [0.05, 0.1) is 0 Å². The SMILES string of the molecule is CNCC(C)C(=O)NC(C)Cc1ccc(C)cc1C.Cl. The Bertz CT molecular complexity index is 434. The largest absolute Gasteiger partial charge is 0.353 e. The molecule has 0 aliphatic heterocycles. The highest BCUT2D eigenvalue weighted by molar-refractivity contribution is 5.85. The molecular weight excluding hydrogens is 272 g/mol. The number of hydrogen-bond donors (Lipinski definition) is 2. The van der Waals surface area contributed by atoms with E-state index < -0.39 is 0 Å². The number of benzene rings is 1. The first kappa shape index (κ1) is 18.9. The summed E-state index contributed by atoms with van der Waals surface area (Å²) in [6.45, 7) is 8.93. The minimum absolute atomic E-state index is 0. The minimum atomic E-state index is 0. The summed E-state index contributed by atoms with van der Waals surface area (Å²) in [7, 11) is 1.86. The third-order valence-corrected chi connectivity index (χ3v) is 3.37. The summed E-state index contributed by atoms with van der Waals surface area (Å²) in [6.07, 6.45) is 0.879. The third-order valence-electron chi connectivity index (χ3n) is 3.37. The summed E-state index contributed by atoms with van der Waals surface area (Å²) < 4.78 is 0. The first-order chi connectivity index (χ1) is 8.93. The van der Waals surface area contributed by atoms with Crippen LogP contribution in [-0.2, 0) is 11.2 Å². The van der Waals surface area contributed by atoms with Gasteiger partial charge >= 0.3 is 0 Å². The quantitative estimate of drug-likeness (QED) is 0.848. The fourth-order valence-electron chi connectivity index (χ4n) is 2.24. The van der Waals surface area contributed by atoms with Gasteiger partial charge in [-0.25, -0.2) is 0 Å². The van der Waals surface area contributed by atoms with Crippen LogP contribution in [0.15, 0.2) is 18.2 Å². The van der Waals surface area contributed by atoms with Gasteiger partial charge in [-0.15, -0.1) is 12.4 Å². The lowest BCUT2D eigenvalue weighted by atomic mass is 9.99. The monoisotopic (exact) mass is 298 g/mol. The van der Waals surface area contributed by atoms with Crippen molar-refractivity contribution in [3.63, 3.8) is 0 Å². The minimum Gasteiger partial charge on any atom is -0.353 e. The van der Waals surface area contributed by atoms with Crippen LogP contribution in [0.1, 0.15) is 30.5 Å². The van der Waals surface area contributed by atoms with Crippen molar-refractivity contribution in [3.05, 3.63) is 34.9 Å². The van der Waals surface area contributed by atoms with Gasteiger partial charge in [0, 0.05) is 18.5 Å². The molecule has 0 fully saturated rings. The van der Waals surface area contributed by atoms with Crippen LogP contribution in [0, 0.1) is 19.8 Å². The van der Waals surface area contributed by atoms with Gasteiger partial charge < -0.3 is 10.6 Å². The van der Waals surface area contributed by atoms with Gasteiger partial charge in [0.15, 0.2) is 0 Å².